The fourth-order valence-electron chi connectivity index (χ4n) is 10.1. The van der Waals surface area contributed by atoms with Gasteiger partial charge in [-0.25, -0.2) is 4.98 Å². The lowest BCUT2D eigenvalue weighted by molar-refractivity contribution is 0.641. The molecule has 12 aromatic rings. The van der Waals surface area contributed by atoms with Crippen LogP contribution in [0, 0.1) is 0 Å². The summed E-state index contributed by atoms with van der Waals surface area (Å²) in [5.74, 6) is 0. The molecular weight excluding hydrogens is 835 g/mol. The third kappa shape index (κ3) is 7.74. The Morgan fingerprint density at radius 1 is 0.362 bits per heavy atom. The van der Waals surface area contributed by atoms with E-state index in [1.807, 2.05) is 0 Å². The molecule has 0 unspecified atom stereocenters. The molecule has 0 saturated carbocycles. The molecule has 0 radical (unpaired) electrons. The molecule has 328 valence electrons. The SMILES string of the molecule is CC(C)(c1ccccc1)c1cccc(N(c2ccc(-c3ccc(-c4ccccc4)cc3)cc2)c2ccc3c(c2)c2ccc(-c4nc5ccccc5cc4-c4ccccc4)cc2n3-c2ccccc2)c1. The number of nitrogens with zero attached hydrogens (tertiary/aromatic N) is 3. The first-order chi connectivity index (χ1) is 34.0. The van der Waals surface area contributed by atoms with Gasteiger partial charge in [0.2, 0.25) is 0 Å². The van der Waals surface area contributed by atoms with Crippen molar-refractivity contribution in [1.82, 2.24) is 9.55 Å². The van der Waals surface area contributed by atoms with Crippen LogP contribution in [0.3, 0.4) is 0 Å². The first-order valence-electron chi connectivity index (χ1n) is 23.8. The highest BCUT2D eigenvalue weighted by atomic mass is 15.1. The van der Waals surface area contributed by atoms with Crippen LogP contribution in [0.15, 0.2) is 261 Å². The minimum atomic E-state index is -0.219. The zero-order valence-corrected chi connectivity index (χ0v) is 38.7. The van der Waals surface area contributed by atoms with Gasteiger partial charge < -0.3 is 9.47 Å². The second-order valence-corrected chi connectivity index (χ2v) is 18.4. The maximum Gasteiger partial charge on any atom is 0.0788 e. The third-order valence-corrected chi connectivity index (χ3v) is 13.9. The molecule has 0 saturated heterocycles. The summed E-state index contributed by atoms with van der Waals surface area (Å²) < 4.78 is 2.41. The van der Waals surface area contributed by atoms with Crippen LogP contribution in [-0.2, 0) is 5.41 Å². The van der Waals surface area contributed by atoms with Crippen molar-refractivity contribution in [2.45, 2.75) is 19.3 Å². The van der Waals surface area contributed by atoms with E-state index in [0.717, 1.165) is 67.1 Å². The van der Waals surface area contributed by atoms with Gasteiger partial charge >= 0.3 is 0 Å². The highest BCUT2D eigenvalue weighted by molar-refractivity contribution is 6.12. The number of anilines is 3. The lowest BCUT2D eigenvalue weighted by Gasteiger charge is -2.30. The first-order valence-corrected chi connectivity index (χ1v) is 23.8. The second-order valence-electron chi connectivity index (χ2n) is 18.4. The van der Waals surface area contributed by atoms with Gasteiger partial charge in [0, 0.05) is 55.5 Å². The number of fused-ring (bicyclic) bond motifs is 4. The van der Waals surface area contributed by atoms with E-state index in [4.69, 9.17) is 4.98 Å². The monoisotopic (exact) mass is 883 g/mol. The Labute approximate surface area is 403 Å². The van der Waals surface area contributed by atoms with Crippen molar-refractivity contribution in [3.63, 3.8) is 0 Å². The summed E-state index contributed by atoms with van der Waals surface area (Å²) in [6, 6.07) is 94.3. The smallest absolute Gasteiger partial charge is 0.0788 e. The van der Waals surface area contributed by atoms with E-state index < -0.39 is 0 Å². The number of pyridine rings is 1. The molecule has 0 aliphatic rings. The Bertz CT molecular complexity index is 3760. The Balaban J connectivity index is 1.02. The average Bonchev–Trinajstić information content (AvgIpc) is 3.75. The molecule has 3 nitrogen and oxygen atoms in total. The minimum Gasteiger partial charge on any atom is -0.310 e. The number of rotatable bonds is 10. The molecule has 0 aliphatic carbocycles. The number of aromatic nitrogens is 2. The van der Waals surface area contributed by atoms with Gasteiger partial charge in [-0.1, -0.05) is 202 Å². The van der Waals surface area contributed by atoms with Gasteiger partial charge in [-0.15, -0.1) is 0 Å². The highest BCUT2D eigenvalue weighted by Crippen LogP contribution is 2.44. The van der Waals surface area contributed by atoms with Gasteiger partial charge in [0.25, 0.3) is 0 Å². The van der Waals surface area contributed by atoms with Crippen molar-refractivity contribution in [3.05, 3.63) is 272 Å². The predicted molar refractivity (Wildman–Crippen MR) is 291 cm³/mol. The van der Waals surface area contributed by atoms with Crippen molar-refractivity contribution in [2.75, 3.05) is 4.90 Å². The van der Waals surface area contributed by atoms with E-state index in [0.29, 0.717) is 0 Å². The number of para-hydroxylation sites is 2. The van der Waals surface area contributed by atoms with E-state index in [1.54, 1.807) is 0 Å². The Hall–Kier alpha value is -8.79. The molecule has 0 atom stereocenters. The van der Waals surface area contributed by atoms with Crippen LogP contribution < -0.4 is 4.90 Å². The largest absolute Gasteiger partial charge is 0.310 e. The number of benzene rings is 10. The fourth-order valence-corrected chi connectivity index (χ4v) is 10.1. The first kappa shape index (κ1) is 41.6. The van der Waals surface area contributed by atoms with E-state index in [1.165, 1.54) is 44.2 Å². The minimum absolute atomic E-state index is 0.219. The molecule has 0 aliphatic heterocycles. The number of hydrogen-bond donors (Lipinski definition) is 0. The molecule has 0 bridgehead atoms. The van der Waals surface area contributed by atoms with Crippen molar-refractivity contribution in [3.8, 4) is 50.3 Å². The highest BCUT2D eigenvalue weighted by Gasteiger charge is 2.25. The van der Waals surface area contributed by atoms with Crippen molar-refractivity contribution >= 4 is 49.8 Å². The molecule has 0 amide bonds. The summed E-state index contributed by atoms with van der Waals surface area (Å²) in [5, 5.41) is 3.47. The molecule has 10 aromatic carbocycles. The zero-order chi connectivity index (χ0) is 46.3. The lowest BCUT2D eigenvalue weighted by Crippen LogP contribution is -2.19. The van der Waals surface area contributed by atoms with E-state index >= 15 is 0 Å². The molecule has 69 heavy (non-hydrogen) atoms. The van der Waals surface area contributed by atoms with E-state index in [-0.39, 0.29) is 5.41 Å². The van der Waals surface area contributed by atoms with Crippen LogP contribution in [-0.4, -0.2) is 9.55 Å². The lowest BCUT2D eigenvalue weighted by atomic mass is 9.78. The van der Waals surface area contributed by atoms with Gasteiger partial charge in [0.15, 0.2) is 0 Å². The van der Waals surface area contributed by atoms with Crippen LogP contribution in [0.2, 0.25) is 0 Å². The molecule has 2 heterocycles. The Morgan fingerprint density at radius 2 is 0.899 bits per heavy atom. The molecule has 0 fully saturated rings. The van der Waals surface area contributed by atoms with Gasteiger partial charge in [-0.2, -0.15) is 0 Å². The summed E-state index contributed by atoms with van der Waals surface area (Å²) >= 11 is 0. The normalized spacial score (nSPS) is 11.6. The summed E-state index contributed by atoms with van der Waals surface area (Å²) in [5.41, 5.74) is 19.0. The molecular formula is C66H49N3. The van der Waals surface area contributed by atoms with Crippen molar-refractivity contribution < 1.29 is 0 Å². The molecule has 2 aromatic heterocycles. The number of hydrogen-bond acceptors (Lipinski definition) is 2. The molecule has 12 rings (SSSR count). The van der Waals surface area contributed by atoms with Gasteiger partial charge in [0.05, 0.1) is 22.2 Å². The molecule has 3 heteroatoms. The van der Waals surface area contributed by atoms with E-state index in [9.17, 15) is 0 Å². The van der Waals surface area contributed by atoms with Crippen LogP contribution >= 0.6 is 0 Å². The summed E-state index contributed by atoms with van der Waals surface area (Å²) in [4.78, 5) is 7.77. The Morgan fingerprint density at radius 3 is 1.59 bits per heavy atom. The molecule has 0 N–H and O–H groups in total. The summed E-state index contributed by atoms with van der Waals surface area (Å²) in [6.07, 6.45) is 0. The third-order valence-electron chi connectivity index (χ3n) is 13.9. The van der Waals surface area contributed by atoms with Crippen LogP contribution in [0.1, 0.15) is 25.0 Å². The van der Waals surface area contributed by atoms with Gasteiger partial charge in [-0.05, 0) is 112 Å². The van der Waals surface area contributed by atoms with Gasteiger partial charge in [0.1, 0.15) is 0 Å². The predicted octanol–water partition coefficient (Wildman–Crippen LogP) is 17.8. The maximum absolute atomic E-state index is 5.36. The summed E-state index contributed by atoms with van der Waals surface area (Å²) in [7, 11) is 0. The van der Waals surface area contributed by atoms with Crippen LogP contribution in [0.4, 0.5) is 17.1 Å². The quantitative estimate of drug-likeness (QED) is 0.136. The van der Waals surface area contributed by atoms with Crippen LogP contribution in [0.25, 0.3) is 83.0 Å². The topological polar surface area (TPSA) is 21.1 Å². The average molecular weight is 884 g/mol. The van der Waals surface area contributed by atoms with Crippen molar-refractivity contribution in [2.24, 2.45) is 0 Å². The van der Waals surface area contributed by atoms with E-state index in [2.05, 4.69) is 284 Å². The second kappa shape index (κ2) is 17.5. The standard InChI is InChI=1S/C66H49N3/c1-66(2,53-23-11-5-12-24-53)54-25-17-28-57(44-54)68(56-37-34-49(35-38-56)48-32-30-47(31-33-48)46-18-7-3-8-19-46)58-39-41-63-61(45-58)59-40-36-52(43-64(59)69(63)55-26-13-6-14-27-55)65-60(50-20-9-4-10-21-50)42-51-22-15-16-29-62(51)67-65/h3-45H,1-2H3. The summed E-state index contributed by atoms with van der Waals surface area (Å²) in [6.45, 7) is 4.64. The zero-order valence-electron chi connectivity index (χ0n) is 38.7. The molecule has 0 spiro atoms. The maximum atomic E-state index is 5.36. The fraction of sp³-hybridized carbons (Fsp3) is 0.0455. The Kier molecular flexibility index (Phi) is 10.5. The van der Waals surface area contributed by atoms with Crippen LogP contribution in [0.5, 0.6) is 0 Å². The van der Waals surface area contributed by atoms with Gasteiger partial charge in [-0.3, -0.25) is 0 Å². The van der Waals surface area contributed by atoms with Crippen molar-refractivity contribution in [1.29, 1.82) is 0 Å².